The average Bonchev–Trinajstić information content (AvgIpc) is 2.95. The SMILES string of the molecule is Cc1cc(C)c(NC(=O)C2CC3C=CC2C3)c(Br)c1. The van der Waals surface area contributed by atoms with Crippen molar-refractivity contribution in [1.82, 2.24) is 0 Å². The van der Waals surface area contributed by atoms with Crippen LogP contribution >= 0.6 is 15.9 Å². The molecule has 3 unspecified atom stereocenters. The van der Waals surface area contributed by atoms with E-state index in [0.29, 0.717) is 11.8 Å². The molecule has 1 aromatic rings. The molecule has 1 N–H and O–H groups in total. The number of aryl methyl sites for hydroxylation is 2. The van der Waals surface area contributed by atoms with Gasteiger partial charge < -0.3 is 5.32 Å². The van der Waals surface area contributed by atoms with Gasteiger partial charge in [0, 0.05) is 10.4 Å². The van der Waals surface area contributed by atoms with Crippen LogP contribution < -0.4 is 5.32 Å². The molecule has 1 saturated carbocycles. The van der Waals surface area contributed by atoms with Gasteiger partial charge in [-0.15, -0.1) is 0 Å². The summed E-state index contributed by atoms with van der Waals surface area (Å²) in [5.41, 5.74) is 3.23. The Morgan fingerprint density at radius 2 is 2.05 bits per heavy atom. The summed E-state index contributed by atoms with van der Waals surface area (Å²) in [5.74, 6) is 1.41. The second kappa shape index (κ2) is 4.78. The number of carbonyl (C=O) groups is 1. The smallest absolute Gasteiger partial charge is 0.228 e. The number of anilines is 1. The normalized spacial score (nSPS) is 27.8. The van der Waals surface area contributed by atoms with E-state index in [0.717, 1.165) is 28.6 Å². The van der Waals surface area contributed by atoms with Crippen molar-refractivity contribution in [3.63, 3.8) is 0 Å². The lowest BCUT2D eigenvalue weighted by Crippen LogP contribution is -2.26. The number of rotatable bonds is 2. The zero-order valence-electron chi connectivity index (χ0n) is 11.2. The van der Waals surface area contributed by atoms with E-state index >= 15 is 0 Å². The van der Waals surface area contributed by atoms with Gasteiger partial charge in [-0.25, -0.2) is 0 Å². The number of amides is 1. The number of benzene rings is 1. The van der Waals surface area contributed by atoms with Crippen LogP contribution in [0.3, 0.4) is 0 Å². The number of nitrogens with one attached hydrogen (secondary N) is 1. The van der Waals surface area contributed by atoms with Crippen molar-refractivity contribution in [2.75, 3.05) is 5.32 Å². The fourth-order valence-corrected chi connectivity index (χ4v) is 4.15. The van der Waals surface area contributed by atoms with Crippen LogP contribution in [-0.4, -0.2) is 5.91 Å². The maximum absolute atomic E-state index is 12.4. The highest BCUT2D eigenvalue weighted by atomic mass is 79.9. The first-order valence-electron chi connectivity index (χ1n) is 6.80. The molecule has 1 amide bonds. The minimum atomic E-state index is 0.155. The molecule has 0 aliphatic heterocycles. The van der Waals surface area contributed by atoms with Gasteiger partial charge in [0.1, 0.15) is 0 Å². The van der Waals surface area contributed by atoms with E-state index in [1.165, 1.54) is 5.56 Å². The molecule has 2 bridgehead atoms. The molecule has 0 saturated heterocycles. The van der Waals surface area contributed by atoms with Crippen molar-refractivity contribution in [2.45, 2.75) is 26.7 Å². The highest BCUT2D eigenvalue weighted by Gasteiger charge is 2.39. The topological polar surface area (TPSA) is 29.1 Å². The first-order valence-corrected chi connectivity index (χ1v) is 7.60. The summed E-state index contributed by atoms with van der Waals surface area (Å²) in [4.78, 5) is 12.4. The molecule has 0 radical (unpaired) electrons. The number of allylic oxidation sites excluding steroid dienone is 2. The molecule has 0 aromatic heterocycles. The molecule has 2 nitrogen and oxygen atoms in total. The van der Waals surface area contributed by atoms with E-state index in [4.69, 9.17) is 0 Å². The summed E-state index contributed by atoms with van der Waals surface area (Å²) in [6, 6.07) is 4.14. The molecule has 2 aliphatic rings. The Morgan fingerprint density at radius 3 is 2.63 bits per heavy atom. The first-order chi connectivity index (χ1) is 9.04. The van der Waals surface area contributed by atoms with Gasteiger partial charge in [-0.05, 0) is 71.6 Å². The summed E-state index contributed by atoms with van der Waals surface area (Å²) in [6.45, 7) is 4.10. The third-order valence-corrected chi connectivity index (χ3v) is 4.92. The van der Waals surface area contributed by atoms with E-state index in [-0.39, 0.29) is 11.8 Å². The molecule has 100 valence electrons. The van der Waals surface area contributed by atoms with E-state index in [2.05, 4.69) is 46.4 Å². The Labute approximate surface area is 122 Å². The summed E-state index contributed by atoms with van der Waals surface area (Å²) in [5, 5.41) is 3.11. The van der Waals surface area contributed by atoms with Crippen molar-refractivity contribution >= 4 is 27.5 Å². The molecule has 1 fully saturated rings. The van der Waals surface area contributed by atoms with Gasteiger partial charge in [0.2, 0.25) is 5.91 Å². The summed E-state index contributed by atoms with van der Waals surface area (Å²) >= 11 is 3.55. The number of hydrogen-bond donors (Lipinski definition) is 1. The average molecular weight is 320 g/mol. The maximum Gasteiger partial charge on any atom is 0.228 e. The van der Waals surface area contributed by atoms with Crippen molar-refractivity contribution in [3.8, 4) is 0 Å². The lowest BCUT2D eigenvalue weighted by atomic mass is 9.92. The van der Waals surface area contributed by atoms with Gasteiger partial charge in [-0.3, -0.25) is 4.79 Å². The molecule has 3 atom stereocenters. The maximum atomic E-state index is 12.4. The van der Waals surface area contributed by atoms with E-state index in [9.17, 15) is 4.79 Å². The van der Waals surface area contributed by atoms with E-state index in [1.807, 2.05) is 13.0 Å². The fourth-order valence-electron chi connectivity index (χ4n) is 3.37. The van der Waals surface area contributed by atoms with Gasteiger partial charge in [0.15, 0.2) is 0 Å². The Bertz CT molecular complexity index is 541. The standard InChI is InChI=1S/C16H18BrNO/c1-9-5-10(2)15(14(17)6-9)18-16(19)13-8-11-3-4-12(13)7-11/h3-6,11-13H,7-8H2,1-2H3,(H,18,19). The van der Waals surface area contributed by atoms with Gasteiger partial charge in [0.25, 0.3) is 0 Å². The lowest BCUT2D eigenvalue weighted by molar-refractivity contribution is -0.120. The number of fused-ring (bicyclic) bond motifs is 2. The molecule has 0 heterocycles. The van der Waals surface area contributed by atoms with Crippen LogP contribution in [0.15, 0.2) is 28.8 Å². The van der Waals surface area contributed by atoms with Crippen LogP contribution in [-0.2, 0) is 4.79 Å². The Hall–Kier alpha value is -1.09. The number of hydrogen-bond acceptors (Lipinski definition) is 1. The van der Waals surface area contributed by atoms with E-state index < -0.39 is 0 Å². The third kappa shape index (κ3) is 2.36. The predicted octanol–water partition coefficient (Wildman–Crippen LogP) is 4.22. The Kier molecular flexibility index (Phi) is 3.25. The van der Waals surface area contributed by atoms with Crippen molar-refractivity contribution in [2.24, 2.45) is 17.8 Å². The quantitative estimate of drug-likeness (QED) is 0.812. The summed E-state index contributed by atoms with van der Waals surface area (Å²) in [6.07, 6.45) is 6.65. The van der Waals surface area contributed by atoms with Gasteiger partial charge in [-0.2, -0.15) is 0 Å². The second-order valence-electron chi connectivity index (χ2n) is 5.81. The highest BCUT2D eigenvalue weighted by molar-refractivity contribution is 9.10. The molecule has 1 aromatic carbocycles. The zero-order valence-corrected chi connectivity index (χ0v) is 12.8. The third-order valence-electron chi connectivity index (χ3n) is 4.30. The van der Waals surface area contributed by atoms with Crippen molar-refractivity contribution in [3.05, 3.63) is 39.9 Å². The summed E-state index contributed by atoms with van der Waals surface area (Å²) in [7, 11) is 0. The molecule has 2 aliphatic carbocycles. The monoisotopic (exact) mass is 319 g/mol. The van der Waals surface area contributed by atoms with Gasteiger partial charge in [-0.1, -0.05) is 18.2 Å². The molecular formula is C16H18BrNO. The largest absolute Gasteiger partial charge is 0.325 e. The Balaban J connectivity index is 1.79. The summed E-state index contributed by atoms with van der Waals surface area (Å²) < 4.78 is 0.969. The van der Waals surface area contributed by atoms with Crippen molar-refractivity contribution in [1.29, 1.82) is 0 Å². The Morgan fingerprint density at radius 1 is 1.26 bits per heavy atom. The second-order valence-corrected chi connectivity index (χ2v) is 6.67. The molecule has 3 rings (SSSR count). The van der Waals surface area contributed by atoms with Gasteiger partial charge >= 0.3 is 0 Å². The molecule has 0 spiro atoms. The van der Waals surface area contributed by atoms with Crippen LogP contribution in [0.4, 0.5) is 5.69 Å². The number of halogens is 1. The van der Waals surface area contributed by atoms with Crippen LogP contribution in [0.5, 0.6) is 0 Å². The van der Waals surface area contributed by atoms with Crippen LogP contribution in [0, 0.1) is 31.6 Å². The fraction of sp³-hybridized carbons (Fsp3) is 0.438. The van der Waals surface area contributed by atoms with Gasteiger partial charge in [0.05, 0.1) is 5.69 Å². The molecule has 3 heteroatoms. The van der Waals surface area contributed by atoms with Crippen LogP contribution in [0.2, 0.25) is 0 Å². The highest BCUT2D eigenvalue weighted by Crippen LogP contribution is 2.44. The lowest BCUT2D eigenvalue weighted by Gasteiger charge is -2.19. The molecule has 19 heavy (non-hydrogen) atoms. The first kappa shape index (κ1) is 12.9. The van der Waals surface area contributed by atoms with Crippen LogP contribution in [0.1, 0.15) is 24.0 Å². The zero-order chi connectivity index (χ0) is 13.6. The van der Waals surface area contributed by atoms with Crippen LogP contribution in [0.25, 0.3) is 0 Å². The van der Waals surface area contributed by atoms with Crippen molar-refractivity contribution < 1.29 is 4.79 Å². The minimum Gasteiger partial charge on any atom is -0.325 e. The predicted molar refractivity (Wildman–Crippen MR) is 81.1 cm³/mol. The van der Waals surface area contributed by atoms with E-state index in [1.54, 1.807) is 0 Å². The number of carbonyl (C=O) groups excluding carboxylic acids is 1. The minimum absolute atomic E-state index is 0.155. The molecular weight excluding hydrogens is 302 g/mol.